The molecule has 0 amide bonds. The van der Waals surface area contributed by atoms with Gasteiger partial charge in [-0.2, -0.15) is 0 Å². The molecule has 2 saturated heterocycles. The Morgan fingerprint density at radius 2 is 1.81 bits per heavy atom. The molecular formula is C17H26O2SSi. The van der Waals surface area contributed by atoms with Crippen LogP contribution >= 0.6 is 0 Å². The third-order valence-electron chi connectivity index (χ3n) is 5.11. The fourth-order valence-electron chi connectivity index (χ4n) is 3.79. The molecule has 0 saturated carbocycles. The predicted molar refractivity (Wildman–Crippen MR) is 92.1 cm³/mol. The lowest BCUT2D eigenvalue weighted by atomic mass is 9.80. The van der Waals surface area contributed by atoms with Crippen LogP contribution < -0.4 is 5.19 Å². The van der Waals surface area contributed by atoms with Crippen molar-refractivity contribution in [2.24, 2.45) is 0 Å². The molecule has 0 aromatic heterocycles. The van der Waals surface area contributed by atoms with E-state index in [1.807, 2.05) is 0 Å². The first-order chi connectivity index (χ1) is 9.79. The van der Waals surface area contributed by atoms with Crippen molar-refractivity contribution in [3.05, 3.63) is 29.8 Å². The molecule has 21 heavy (non-hydrogen) atoms. The van der Waals surface area contributed by atoms with Crippen molar-refractivity contribution in [2.45, 2.75) is 67.8 Å². The second-order valence-corrected chi connectivity index (χ2v) is 14.8. The van der Waals surface area contributed by atoms with Crippen molar-refractivity contribution >= 4 is 24.1 Å². The van der Waals surface area contributed by atoms with Crippen LogP contribution in [0.1, 0.15) is 37.7 Å². The van der Waals surface area contributed by atoms with Crippen molar-refractivity contribution in [1.82, 2.24) is 0 Å². The van der Waals surface area contributed by atoms with E-state index in [2.05, 4.69) is 43.9 Å². The first kappa shape index (κ1) is 15.4. The maximum absolute atomic E-state index is 12.4. The molecule has 3 rings (SSSR count). The van der Waals surface area contributed by atoms with E-state index >= 15 is 0 Å². The zero-order chi connectivity index (χ0) is 15.3. The Morgan fingerprint density at radius 1 is 1.19 bits per heavy atom. The van der Waals surface area contributed by atoms with Gasteiger partial charge in [0, 0.05) is 21.3 Å². The summed E-state index contributed by atoms with van der Waals surface area (Å²) in [5, 5.41) is 13.0. The van der Waals surface area contributed by atoms with Gasteiger partial charge in [0.1, 0.15) is 0 Å². The Kier molecular flexibility index (Phi) is 3.91. The second-order valence-electron chi connectivity index (χ2n) is 7.77. The molecule has 116 valence electrons. The zero-order valence-electron chi connectivity index (χ0n) is 13.3. The van der Waals surface area contributed by atoms with Crippen LogP contribution in [0, 0.1) is 0 Å². The van der Waals surface area contributed by atoms with Crippen LogP contribution in [0.15, 0.2) is 24.3 Å². The highest BCUT2D eigenvalue weighted by molar-refractivity contribution is 7.86. The summed E-state index contributed by atoms with van der Waals surface area (Å²) in [6, 6.07) is 8.56. The molecule has 0 aliphatic carbocycles. The molecule has 1 aromatic carbocycles. The first-order valence-electron chi connectivity index (χ1n) is 8.02. The van der Waals surface area contributed by atoms with Gasteiger partial charge in [0.05, 0.1) is 13.7 Å². The van der Waals surface area contributed by atoms with Gasteiger partial charge in [-0.15, -0.1) is 0 Å². The van der Waals surface area contributed by atoms with Gasteiger partial charge in [-0.05, 0) is 31.2 Å². The normalized spacial score (nSPS) is 36.5. The maximum atomic E-state index is 12.4. The smallest absolute Gasteiger partial charge is 0.0919 e. The van der Waals surface area contributed by atoms with E-state index in [1.54, 1.807) is 0 Å². The summed E-state index contributed by atoms with van der Waals surface area (Å²) in [5.74, 6) is 0. The van der Waals surface area contributed by atoms with Crippen LogP contribution in [0.25, 0.3) is 0 Å². The van der Waals surface area contributed by atoms with Gasteiger partial charge in [0.25, 0.3) is 0 Å². The summed E-state index contributed by atoms with van der Waals surface area (Å²) in [4.78, 5) is 0. The van der Waals surface area contributed by atoms with Crippen molar-refractivity contribution in [3.63, 3.8) is 0 Å². The minimum Gasteiger partial charge on any atom is -0.385 e. The fraction of sp³-hybridized carbons (Fsp3) is 0.647. The summed E-state index contributed by atoms with van der Waals surface area (Å²) in [6.45, 7) is 7.00. The Balaban J connectivity index is 1.94. The monoisotopic (exact) mass is 322 g/mol. The molecular weight excluding hydrogens is 296 g/mol. The molecule has 1 aromatic rings. The van der Waals surface area contributed by atoms with E-state index in [0.717, 1.165) is 18.4 Å². The van der Waals surface area contributed by atoms with Gasteiger partial charge < -0.3 is 5.11 Å². The van der Waals surface area contributed by atoms with E-state index in [9.17, 15) is 9.32 Å². The summed E-state index contributed by atoms with van der Waals surface area (Å²) in [5.41, 5.74) is 0.287. The molecule has 2 heterocycles. The average molecular weight is 323 g/mol. The third-order valence-corrected chi connectivity index (χ3v) is 9.27. The highest BCUT2D eigenvalue weighted by atomic mass is 32.2. The molecule has 2 nitrogen and oxygen atoms in total. The quantitative estimate of drug-likeness (QED) is 0.850. The fourth-order valence-corrected chi connectivity index (χ4v) is 7.20. The molecule has 2 atom stereocenters. The van der Waals surface area contributed by atoms with Crippen LogP contribution in [0.5, 0.6) is 0 Å². The van der Waals surface area contributed by atoms with Crippen molar-refractivity contribution < 1.29 is 9.32 Å². The molecule has 2 bridgehead atoms. The van der Waals surface area contributed by atoms with Crippen LogP contribution in [-0.2, 0) is 16.4 Å². The maximum Gasteiger partial charge on any atom is 0.0919 e. The van der Waals surface area contributed by atoms with E-state index in [-0.39, 0.29) is 10.5 Å². The van der Waals surface area contributed by atoms with Gasteiger partial charge >= 0.3 is 0 Å². The molecule has 2 aliphatic rings. The lowest BCUT2D eigenvalue weighted by molar-refractivity contribution is 0.00661. The Hall–Kier alpha value is -0.453. The van der Waals surface area contributed by atoms with Crippen LogP contribution in [-0.4, -0.2) is 27.9 Å². The molecule has 2 fully saturated rings. The Morgan fingerprint density at radius 3 is 2.38 bits per heavy atom. The molecule has 0 spiro atoms. The largest absolute Gasteiger partial charge is 0.385 e. The topological polar surface area (TPSA) is 37.3 Å². The summed E-state index contributed by atoms with van der Waals surface area (Å²) in [7, 11) is -2.10. The Labute approximate surface area is 131 Å². The van der Waals surface area contributed by atoms with Crippen molar-refractivity contribution in [3.8, 4) is 0 Å². The standard InChI is InChI=1S/C17H26O2SSi/c1-21(2,3)16-9-4-6-13(10-16)17(18)11-14-7-5-8-15(12-17)20(14)19/h4,6,9-10,14-15,18H,5,7-8,11-12H2,1-3H3. The molecule has 1 N–H and O–H groups in total. The summed E-state index contributed by atoms with van der Waals surface area (Å²) >= 11 is 0. The number of rotatable bonds is 2. The van der Waals surface area contributed by atoms with E-state index in [0.29, 0.717) is 12.8 Å². The van der Waals surface area contributed by atoms with Gasteiger partial charge in [-0.25, -0.2) is 0 Å². The molecule has 2 unspecified atom stereocenters. The number of aliphatic hydroxyl groups is 1. The second kappa shape index (κ2) is 5.32. The van der Waals surface area contributed by atoms with Crippen molar-refractivity contribution in [2.75, 3.05) is 0 Å². The highest BCUT2D eigenvalue weighted by Gasteiger charge is 2.46. The van der Waals surface area contributed by atoms with E-state index in [4.69, 9.17) is 0 Å². The number of benzene rings is 1. The number of hydrogen-bond acceptors (Lipinski definition) is 2. The van der Waals surface area contributed by atoms with Gasteiger partial charge in [-0.1, -0.05) is 55.5 Å². The molecule has 2 aliphatic heterocycles. The molecule has 0 radical (unpaired) electrons. The summed E-state index contributed by atoms with van der Waals surface area (Å²) < 4.78 is 12.4. The summed E-state index contributed by atoms with van der Waals surface area (Å²) in [6.07, 6.45) is 4.54. The number of hydrogen-bond donors (Lipinski definition) is 1. The SMILES string of the molecule is C[Si](C)(C)c1cccc(C2(O)CC3CCCC(C2)S3=O)c1. The zero-order valence-corrected chi connectivity index (χ0v) is 15.1. The Bertz CT molecular complexity index is 548. The highest BCUT2D eigenvalue weighted by Crippen LogP contribution is 2.44. The van der Waals surface area contributed by atoms with Crippen LogP contribution in [0.3, 0.4) is 0 Å². The van der Waals surface area contributed by atoms with Gasteiger partial charge in [-0.3, -0.25) is 4.21 Å². The predicted octanol–water partition coefficient (Wildman–Crippen LogP) is 2.88. The van der Waals surface area contributed by atoms with Gasteiger partial charge in [0.2, 0.25) is 0 Å². The lowest BCUT2D eigenvalue weighted by Crippen LogP contribution is -2.48. The third kappa shape index (κ3) is 2.90. The lowest BCUT2D eigenvalue weighted by Gasteiger charge is -2.44. The average Bonchev–Trinajstić information content (AvgIpc) is 2.40. The first-order valence-corrected chi connectivity index (χ1v) is 12.8. The molecule has 4 heteroatoms. The number of fused-ring (bicyclic) bond motifs is 2. The van der Waals surface area contributed by atoms with Gasteiger partial charge in [0.15, 0.2) is 0 Å². The van der Waals surface area contributed by atoms with E-state index in [1.165, 1.54) is 11.6 Å². The van der Waals surface area contributed by atoms with Crippen LogP contribution in [0.2, 0.25) is 19.6 Å². The van der Waals surface area contributed by atoms with Crippen LogP contribution in [0.4, 0.5) is 0 Å². The minimum atomic E-state index is -1.37. The minimum absolute atomic E-state index is 0.193. The van der Waals surface area contributed by atoms with E-state index < -0.39 is 24.5 Å². The van der Waals surface area contributed by atoms with Crippen molar-refractivity contribution in [1.29, 1.82) is 0 Å².